The van der Waals surface area contributed by atoms with E-state index in [0.29, 0.717) is 6.04 Å². The fourth-order valence-electron chi connectivity index (χ4n) is 3.12. The van der Waals surface area contributed by atoms with Gasteiger partial charge in [0, 0.05) is 29.9 Å². The van der Waals surface area contributed by atoms with Crippen LogP contribution in [-0.2, 0) is 0 Å². The molecule has 2 aliphatic rings. The van der Waals surface area contributed by atoms with Crippen molar-refractivity contribution < 1.29 is 4.39 Å². The van der Waals surface area contributed by atoms with Crippen LogP contribution in [-0.4, -0.2) is 24.1 Å². The van der Waals surface area contributed by atoms with Gasteiger partial charge >= 0.3 is 0 Å². The Balaban J connectivity index is 1.80. The van der Waals surface area contributed by atoms with Crippen LogP contribution in [0.25, 0.3) is 10.8 Å². The van der Waals surface area contributed by atoms with Gasteiger partial charge in [0.1, 0.15) is 11.6 Å². The Hall–Kier alpha value is -1.84. The van der Waals surface area contributed by atoms with Crippen LogP contribution in [0.15, 0.2) is 24.4 Å². The second kappa shape index (κ2) is 5.17. The summed E-state index contributed by atoms with van der Waals surface area (Å²) in [5, 5.41) is 5.52. The fraction of sp³-hybridized carbons (Fsp3) is 0.471. The van der Waals surface area contributed by atoms with Crippen molar-refractivity contribution in [1.82, 2.24) is 4.98 Å². The van der Waals surface area contributed by atoms with Crippen molar-refractivity contribution in [2.45, 2.75) is 38.1 Å². The Morgan fingerprint density at radius 2 is 1.90 bits per heavy atom. The minimum Gasteiger partial charge on any atom is -0.381 e. The van der Waals surface area contributed by atoms with Crippen LogP contribution in [0.1, 0.15) is 32.1 Å². The quantitative estimate of drug-likeness (QED) is 0.926. The summed E-state index contributed by atoms with van der Waals surface area (Å²) in [7, 11) is 0. The zero-order chi connectivity index (χ0) is 14.2. The number of anilines is 2. The monoisotopic (exact) mass is 285 g/mol. The van der Waals surface area contributed by atoms with E-state index in [1.54, 1.807) is 12.1 Å². The molecule has 2 heterocycles. The minimum absolute atomic E-state index is 0.189. The van der Waals surface area contributed by atoms with E-state index >= 15 is 0 Å². The van der Waals surface area contributed by atoms with Gasteiger partial charge in [-0.05, 0) is 50.3 Å². The molecular weight excluding hydrogens is 265 g/mol. The van der Waals surface area contributed by atoms with E-state index < -0.39 is 0 Å². The molecule has 1 aliphatic heterocycles. The third-order valence-corrected chi connectivity index (χ3v) is 4.42. The number of pyridine rings is 1. The first-order valence-corrected chi connectivity index (χ1v) is 7.91. The highest BCUT2D eigenvalue weighted by atomic mass is 19.1. The summed E-state index contributed by atoms with van der Waals surface area (Å²) in [6.07, 6.45) is 8.03. The van der Waals surface area contributed by atoms with Gasteiger partial charge in [0.15, 0.2) is 0 Å². The molecule has 110 valence electrons. The second-order valence-electron chi connectivity index (χ2n) is 6.15. The topological polar surface area (TPSA) is 28.2 Å². The lowest BCUT2D eigenvalue weighted by Gasteiger charge is -2.29. The molecule has 2 fully saturated rings. The van der Waals surface area contributed by atoms with Gasteiger partial charge in [-0.2, -0.15) is 0 Å². The predicted molar refractivity (Wildman–Crippen MR) is 84.4 cm³/mol. The molecule has 1 saturated carbocycles. The van der Waals surface area contributed by atoms with Crippen LogP contribution < -0.4 is 10.2 Å². The molecule has 2 aromatic rings. The van der Waals surface area contributed by atoms with E-state index in [4.69, 9.17) is 0 Å². The molecule has 0 spiro atoms. The number of nitrogens with one attached hydrogen (secondary N) is 1. The maximum Gasteiger partial charge on any atom is 0.136 e. The smallest absolute Gasteiger partial charge is 0.136 e. The summed E-state index contributed by atoms with van der Waals surface area (Å²) >= 11 is 0. The van der Waals surface area contributed by atoms with Gasteiger partial charge in [-0.1, -0.05) is 0 Å². The number of hydrogen-bond acceptors (Lipinski definition) is 3. The third kappa shape index (κ3) is 2.55. The lowest BCUT2D eigenvalue weighted by atomic mass is 10.1. The molecule has 0 unspecified atom stereocenters. The number of fused-ring (bicyclic) bond motifs is 1. The molecule has 1 aliphatic carbocycles. The minimum atomic E-state index is -0.189. The Labute approximate surface area is 124 Å². The maximum atomic E-state index is 13.7. The summed E-state index contributed by atoms with van der Waals surface area (Å²) in [5.41, 5.74) is 1.04. The Morgan fingerprint density at radius 3 is 2.67 bits per heavy atom. The highest BCUT2D eigenvalue weighted by Crippen LogP contribution is 2.34. The zero-order valence-electron chi connectivity index (χ0n) is 12.1. The average molecular weight is 285 g/mol. The van der Waals surface area contributed by atoms with Crippen LogP contribution in [0, 0.1) is 5.82 Å². The molecule has 0 amide bonds. The molecule has 0 atom stereocenters. The molecule has 4 rings (SSSR count). The van der Waals surface area contributed by atoms with Crippen molar-refractivity contribution in [3.8, 4) is 0 Å². The Morgan fingerprint density at radius 1 is 1.10 bits per heavy atom. The van der Waals surface area contributed by atoms with Gasteiger partial charge in [0.25, 0.3) is 0 Å². The lowest BCUT2D eigenvalue weighted by molar-refractivity contribution is 0.574. The molecule has 4 heteroatoms. The predicted octanol–water partition coefficient (Wildman–Crippen LogP) is 3.94. The SMILES string of the molecule is Fc1ccc2c(NC3CC3)cnc(N3CCCCC3)c2c1. The van der Waals surface area contributed by atoms with Crippen LogP contribution in [0.2, 0.25) is 0 Å². The number of aromatic nitrogens is 1. The zero-order valence-corrected chi connectivity index (χ0v) is 12.1. The van der Waals surface area contributed by atoms with E-state index in [-0.39, 0.29) is 5.82 Å². The molecule has 1 saturated heterocycles. The molecule has 3 nitrogen and oxygen atoms in total. The summed E-state index contributed by atoms with van der Waals surface area (Å²) in [6.45, 7) is 2.04. The normalized spacial score (nSPS) is 19.0. The van der Waals surface area contributed by atoms with Crippen molar-refractivity contribution in [3.05, 3.63) is 30.2 Å². The Kier molecular flexibility index (Phi) is 3.17. The number of rotatable bonds is 3. The van der Waals surface area contributed by atoms with Crippen LogP contribution >= 0.6 is 0 Å². The molecular formula is C17H20FN3. The summed E-state index contributed by atoms with van der Waals surface area (Å²) in [6, 6.07) is 5.62. The highest BCUT2D eigenvalue weighted by Gasteiger charge is 2.23. The number of nitrogens with zero attached hydrogens (tertiary/aromatic N) is 2. The number of halogens is 1. The first kappa shape index (κ1) is 12.9. The van der Waals surface area contributed by atoms with Gasteiger partial charge in [0.05, 0.1) is 11.9 Å². The fourth-order valence-corrected chi connectivity index (χ4v) is 3.12. The number of piperidine rings is 1. The molecule has 1 N–H and O–H groups in total. The van der Waals surface area contributed by atoms with Crippen molar-refractivity contribution >= 4 is 22.3 Å². The van der Waals surface area contributed by atoms with E-state index in [1.807, 2.05) is 12.3 Å². The third-order valence-electron chi connectivity index (χ3n) is 4.42. The highest BCUT2D eigenvalue weighted by molar-refractivity contribution is 6.00. The molecule has 1 aromatic heterocycles. The standard InChI is InChI=1S/C17H20FN3/c18-12-4-7-14-15(10-12)17(21-8-2-1-3-9-21)19-11-16(14)20-13-5-6-13/h4,7,10-11,13,20H,1-3,5-6,8-9H2. The van der Waals surface area contributed by atoms with Gasteiger partial charge in [-0.15, -0.1) is 0 Å². The second-order valence-corrected chi connectivity index (χ2v) is 6.15. The van der Waals surface area contributed by atoms with Crippen molar-refractivity contribution in [2.75, 3.05) is 23.3 Å². The van der Waals surface area contributed by atoms with E-state index in [9.17, 15) is 4.39 Å². The number of benzene rings is 1. The maximum absolute atomic E-state index is 13.7. The van der Waals surface area contributed by atoms with Crippen molar-refractivity contribution in [3.63, 3.8) is 0 Å². The first-order valence-electron chi connectivity index (χ1n) is 7.91. The van der Waals surface area contributed by atoms with Gasteiger partial charge in [0.2, 0.25) is 0 Å². The Bertz CT molecular complexity index is 660. The van der Waals surface area contributed by atoms with E-state index in [1.165, 1.54) is 32.1 Å². The molecule has 21 heavy (non-hydrogen) atoms. The van der Waals surface area contributed by atoms with Crippen LogP contribution in [0.3, 0.4) is 0 Å². The van der Waals surface area contributed by atoms with Gasteiger partial charge < -0.3 is 10.2 Å². The van der Waals surface area contributed by atoms with Gasteiger partial charge in [-0.25, -0.2) is 9.37 Å². The molecule has 0 bridgehead atoms. The summed E-state index contributed by atoms with van der Waals surface area (Å²) in [5.74, 6) is 0.747. The first-order chi connectivity index (χ1) is 10.3. The van der Waals surface area contributed by atoms with E-state index in [2.05, 4.69) is 15.2 Å². The average Bonchev–Trinajstić information content (AvgIpc) is 3.32. The van der Waals surface area contributed by atoms with Crippen molar-refractivity contribution in [2.24, 2.45) is 0 Å². The lowest BCUT2D eigenvalue weighted by Crippen LogP contribution is -2.30. The number of hydrogen-bond donors (Lipinski definition) is 1. The summed E-state index contributed by atoms with van der Waals surface area (Å²) in [4.78, 5) is 6.95. The van der Waals surface area contributed by atoms with Crippen LogP contribution in [0.4, 0.5) is 15.9 Å². The molecule has 1 aromatic carbocycles. The molecule has 0 radical (unpaired) electrons. The van der Waals surface area contributed by atoms with E-state index in [0.717, 1.165) is 35.4 Å². The summed E-state index contributed by atoms with van der Waals surface area (Å²) < 4.78 is 13.7. The van der Waals surface area contributed by atoms with Gasteiger partial charge in [-0.3, -0.25) is 0 Å². The van der Waals surface area contributed by atoms with Crippen LogP contribution in [0.5, 0.6) is 0 Å². The van der Waals surface area contributed by atoms with Crippen molar-refractivity contribution in [1.29, 1.82) is 0 Å². The largest absolute Gasteiger partial charge is 0.381 e.